The fourth-order valence-corrected chi connectivity index (χ4v) is 0.597. The van der Waals surface area contributed by atoms with Crippen LogP contribution in [0.25, 0.3) is 0 Å². The highest BCUT2D eigenvalue weighted by Gasteiger charge is 2.09. The summed E-state index contributed by atoms with van der Waals surface area (Å²) >= 11 is 0. The van der Waals surface area contributed by atoms with E-state index >= 15 is 0 Å². The summed E-state index contributed by atoms with van der Waals surface area (Å²) in [5.74, 6) is 0.00360. The summed E-state index contributed by atoms with van der Waals surface area (Å²) < 4.78 is 0. The number of carbonyl (C=O) groups is 1. The maximum absolute atomic E-state index is 11.0. The molecule has 0 aliphatic heterocycles. The average Bonchev–Trinajstić information content (AvgIpc) is 1.87. The van der Waals surface area contributed by atoms with E-state index in [2.05, 4.69) is 5.32 Å². The second-order valence-corrected chi connectivity index (χ2v) is 2.93. The van der Waals surface area contributed by atoms with Crippen LogP contribution in [0.3, 0.4) is 0 Å². The number of carbonyl (C=O) groups excluding carboxylic acids is 1. The van der Waals surface area contributed by atoms with Crippen molar-refractivity contribution >= 4 is 5.91 Å². The minimum atomic E-state index is -0.0325. The predicted molar refractivity (Wildman–Crippen MR) is 42.7 cm³/mol. The van der Waals surface area contributed by atoms with E-state index in [9.17, 15) is 4.79 Å². The molecule has 0 aromatic rings. The van der Waals surface area contributed by atoms with E-state index in [1.807, 2.05) is 26.8 Å². The normalized spacial score (nSPS) is 12.3. The zero-order valence-electron chi connectivity index (χ0n) is 7.22. The van der Waals surface area contributed by atoms with Crippen molar-refractivity contribution in [2.45, 2.75) is 33.2 Å². The molecule has 0 aromatic heterocycles. The monoisotopic (exact) mass is 154 g/mol. The Morgan fingerprint density at radius 2 is 2.09 bits per heavy atom. The Bertz CT molecular complexity index is 169. The molecule has 0 saturated heterocycles. The van der Waals surface area contributed by atoms with Crippen LogP contribution >= 0.6 is 0 Å². The predicted octanol–water partition coefficient (Wildman–Crippen LogP) is 1.06. The lowest BCUT2D eigenvalue weighted by molar-refractivity contribution is -0.124. The van der Waals surface area contributed by atoms with E-state index < -0.39 is 0 Å². The largest absolute Gasteiger partial charge is 0.352 e. The molecule has 0 aliphatic carbocycles. The van der Waals surface area contributed by atoms with Gasteiger partial charge in [0.2, 0.25) is 5.91 Å². The number of amides is 1. The minimum Gasteiger partial charge on any atom is -0.352 e. The van der Waals surface area contributed by atoms with Gasteiger partial charge in [0.25, 0.3) is 0 Å². The summed E-state index contributed by atoms with van der Waals surface area (Å²) in [6.07, 6.45) is 0.373. The summed E-state index contributed by atoms with van der Waals surface area (Å²) in [4.78, 5) is 11.0. The molecule has 62 valence electrons. The summed E-state index contributed by atoms with van der Waals surface area (Å²) in [5, 5.41) is 11.0. The topological polar surface area (TPSA) is 52.9 Å². The van der Waals surface area contributed by atoms with E-state index in [0.717, 1.165) is 0 Å². The lowest BCUT2D eigenvalue weighted by Crippen LogP contribution is -2.35. The SMILES string of the molecule is CC(CC#N)NC(=O)C(C)C. The molecule has 1 atom stereocenters. The summed E-state index contributed by atoms with van der Waals surface area (Å²) in [5.41, 5.74) is 0. The van der Waals surface area contributed by atoms with Crippen LogP contribution in [0.1, 0.15) is 27.2 Å². The Balaban J connectivity index is 3.68. The molecule has 0 spiro atoms. The zero-order valence-corrected chi connectivity index (χ0v) is 7.22. The van der Waals surface area contributed by atoms with E-state index in [1.54, 1.807) is 0 Å². The Kier molecular flexibility index (Phi) is 4.28. The van der Waals surface area contributed by atoms with Crippen molar-refractivity contribution in [3.63, 3.8) is 0 Å². The highest BCUT2D eigenvalue weighted by atomic mass is 16.1. The molecule has 0 saturated carbocycles. The molecule has 0 fully saturated rings. The third-order valence-corrected chi connectivity index (χ3v) is 1.31. The molecule has 3 nitrogen and oxygen atoms in total. The van der Waals surface area contributed by atoms with Gasteiger partial charge in [-0.25, -0.2) is 0 Å². The second kappa shape index (κ2) is 4.73. The lowest BCUT2D eigenvalue weighted by atomic mass is 10.2. The average molecular weight is 154 g/mol. The molecule has 0 aromatic carbocycles. The van der Waals surface area contributed by atoms with E-state index in [4.69, 9.17) is 5.26 Å². The van der Waals surface area contributed by atoms with E-state index in [0.29, 0.717) is 6.42 Å². The molecule has 0 aliphatic rings. The Hall–Kier alpha value is -1.04. The fourth-order valence-electron chi connectivity index (χ4n) is 0.597. The molecular weight excluding hydrogens is 140 g/mol. The first kappa shape index (κ1) is 9.96. The molecule has 11 heavy (non-hydrogen) atoms. The maximum atomic E-state index is 11.0. The standard InChI is InChI=1S/C8H14N2O/c1-6(2)8(11)10-7(3)4-5-9/h6-7H,4H2,1-3H3,(H,10,11). The van der Waals surface area contributed by atoms with Gasteiger partial charge < -0.3 is 5.32 Å². The second-order valence-electron chi connectivity index (χ2n) is 2.93. The number of hydrogen-bond donors (Lipinski definition) is 1. The Labute approximate surface area is 67.4 Å². The van der Waals surface area contributed by atoms with E-state index in [-0.39, 0.29) is 17.9 Å². The zero-order chi connectivity index (χ0) is 8.85. The number of nitriles is 1. The van der Waals surface area contributed by atoms with Gasteiger partial charge in [0.1, 0.15) is 0 Å². The smallest absolute Gasteiger partial charge is 0.222 e. The van der Waals surface area contributed by atoms with Gasteiger partial charge in [0, 0.05) is 12.0 Å². The van der Waals surface area contributed by atoms with E-state index in [1.165, 1.54) is 0 Å². The van der Waals surface area contributed by atoms with Crippen molar-refractivity contribution in [3.05, 3.63) is 0 Å². The van der Waals surface area contributed by atoms with Crippen molar-refractivity contribution in [1.82, 2.24) is 5.32 Å². The molecule has 0 radical (unpaired) electrons. The summed E-state index contributed by atoms with van der Waals surface area (Å²) in [6.45, 7) is 5.48. The van der Waals surface area contributed by atoms with Crippen molar-refractivity contribution in [2.75, 3.05) is 0 Å². The van der Waals surface area contributed by atoms with Crippen molar-refractivity contribution in [2.24, 2.45) is 5.92 Å². The molecule has 1 N–H and O–H groups in total. The number of hydrogen-bond acceptors (Lipinski definition) is 2. The summed E-state index contributed by atoms with van der Waals surface area (Å²) in [7, 11) is 0. The van der Waals surface area contributed by atoms with Gasteiger partial charge in [-0.3, -0.25) is 4.79 Å². The Morgan fingerprint density at radius 1 is 1.55 bits per heavy atom. The van der Waals surface area contributed by atoms with Crippen molar-refractivity contribution in [1.29, 1.82) is 5.26 Å². The van der Waals surface area contributed by atoms with Gasteiger partial charge in [-0.1, -0.05) is 13.8 Å². The maximum Gasteiger partial charge on any atom is 0.222 e. The molecular formula is C8H14N2O. The molecule has 0 rings (SSSR count). The number of rotatable bonds is 3. The van der Waals surface area contributed by atoms with Gasteiger partial charge in [0.05, 0.1) is 12.5 Å². The summed E-state index contributed by atoms with van der Waals surface area (Å²) in [6, 6.07) is 1.96. The van der Waals surface area contributed by atoms with Crippen LogP contribution in [0.15, 0.2) is 0 Å². The lowest BCUT2D eigenvalue weighted by Gasteiger charge is -2.11. The first-order valence-electron chi connectivity index (χ1n) is 3.75. The highest BCUT2D eigenvalue weighted by molar-refractivity contribution is 5.78. The highest BCUT2D eigenvalue weighted by Crippen LogP contribution is 1.94. The van der Waals surface area contributed by atoms with Crippen LogP contribution in [0, 0.1) is 17.2 Å². The van der Waals surface area contributed by atoms with Crippen LogP contribution in [-0.4, -0.2) is 11.9 Å². The van der Waals surface area contributed by atoms with Gasteiger partial charge in [-0.05, 0) is 6.92 Å². The number of nitrogens with one attached hydrogen (secondary N) is 1. The molecule has 1 unspecified atom stereocenters. The minimum absolute atomic E-state index is 0.00357. The molecule has 1 amide bonds. The van der Waals surface area contributed by atoms with Crippen LogP contribution < -0.4 is 5.32 Å². The molecule has 0 heterocycles. The fraction of sp³-hybridized carbons (Fsp3) is 0.750. The van der Waals surface area contributed by atoms with Crippen LogP contribution in [-0.2, 0) is 4.79 Å². The third kappa shape index (κ3) is 4.38. The van der Waals surface area contributed by atoms with Crippen molar-refractivity contribution < 1.29 is 4.79 Å². The third-order valence-electron chi connectivity index (χ3n) is 1.31. The van der Waals surface area contributed by atoms with Gasteiger partial charge >= 0.3 is 0 Å². The molecule has 3 heteroatoms. The molecule has 0 bridgehead atoms. The number of nitrogens with zero attached hydrogens (tertiary/aromatic N) is 1. The Morgan fingerprint density at radius 3 is 2.45 bits per heavy atom. The first-order valence-corrected chi connectivity index (χ1v) is 3.75. The van der Waals surface area contributed by atoms with Gasteiger partial charge in [-0.15, -0.1) is 0 Å². The quantitative estimate of drug-likeness (QED) is 0.660. The van der Waals surface area contributed by atoms with Gasteiger partial charge in [0.15, 0.2) is 0 Å². The first-order chi connectivity index (χ1) is 5.07. The van der Waals surface area contributed by atoms with Crippen LogP contribution in [0.4, 0.5) is 0 Å². The van der Waals surface area contributed by atoms with Gasteiger partial charge in [-0.2, -0.15) is 5.26 Å². The van der Waals surface area contributed by atoms with Crippen molar-refractivity contribution in [3.8, 4) is 6.07 Å². The van der Waals surface area contributed by atoms with Crippen LogP contribution in [0.2, 0.25) is 0 Å². The van der Waals surface area contributed by atoms with Crippen LogP contribution in [0.5, 0.6) is 0 Å².